The number of allylic oxidation sites excluding steroid dienone is 4. The first-order valence-electron chi connectivity index (χ1n) is 10.6. The van der Waals surface area contributed by atoms with E-state index in [2.05, 4.69) is 35.5 Å². The number of hydrogen-bond donors (Lipinski definition) is 1. The summed E-state index contributed by atoms with van der Waals surface area (Å²) in [5.41, 5.74) is 1.68. The summed E-state index contributed by atoms with van der Waals surface area (Å²) in [6, 6.07) is 5.42. The summed E-state index contributed by atoms with van der Waals surface area (Å²) in [4.78, 5) is 4.22. The summed E-state index contributed by atoms with van der Waals surface area (Å²) in [5, 5.41) is 3.33. The lowest BCUT2D eigenvalue weighted by atomic mass is 9.97. The maximum absolute atomic E-state index is 13.3. The van der Waals surface area contributed by atoms with Gasteiger partial charge in [-0.05, 0) is 50.3 Å². The van der Waals surface area contributed by atoms with E-state index in [9.17, 15) is 8.42 Å². The minimum Gasteiger partial charge on any atom is -0.385 e. The van der Waals surface area contributed by atoms with Crippen LogP contribution in [-0.2, 0) is 15.8 Å². The minimum atomic E-state index is -3.44. The van der Waals surface area contributed by atoms with Crippen molar-refractivity contribution in [1.29, 1.82) is 0 Å². The van der Waals surface area contributed by atoms with E-state index in [0.29, 0.717) is 31.1 Å². The van der Waals surface area contributed by atoms with Crippen LogP contribution in [0.25, 0.3) is 0 Å². The smallest absolute Gasteiger partial charge is 0.219 e. The molecule has 2 heterocycles. The molecule has 0 fully saturated rings. The Hall–Kier alpha value is -1.92. The summed E-state index contributed by atoms with van der Waals surface area (Å²) in [7, 11) is -3.44. The number of sulfonamides is 1. The Balaban J connectivity index is 2.13. The highest BCUT2D eigenvalue weighted by atomic mass is 32.2. The molecule has 0 aliphatic carbocycles. The highest BCUT2D eigenvalue weighted by molar-refractivity contribution is 7.88. The maximum Gasteiger partial charge on any atom is 0.219 e. The van der Waals surface area contributed by atoms with Gasteiger partial charge in [-0.25, -0.2) is 12.7 Å². The molecule has 0 radical (unpaired) electrons. The van der Waals surface area contributed by atoms with E-state index in [-0.39, 0.29) is 5.75 Å². The second-order valence-corrected chi connectivity index (χ2v) is 9.46. The van der Waals surface area contributed by atoms with Crippen molar-refractivity contribution >= 4 is 10.0 Å². The van der Waals surface area contributed by atoms with Gasteiger partial charge in [-0.1, -0.05) is 43.7 Å². The zero-order chi connectivity index (χ0) is 21.0. The molecule has 160 valence electrons. The number of hydrogen-bond acceptors (Lipinski definition) is 4. The van der Waals surface area contributed by atoms with Gasteiger partial charge in [0.25, 0.3) is 0 Å². The van der Waals surface area contributed by atoms with Crippen molar-refractivity contribution in [3.63, 3.8) is 0 Å². The average molecular weight is 418 g/mol. The molecule has 0 amide bonds. The molecule has 0 saturated heterocycles. The summed E-state index contributed by atoms with van der Waals surface area (Å²) in [6.45, 7) is 6.06. The van der Waals surface area contributed by atoms with Gasteiger partial charge in [0.05, 0.1) is 5.69 Å². The van der Waals surface area contributed by atoms with Crippen molar-refractivity contribution in [3.05, 3.63) is 66.2 Å². The quantitative estimate of drug-likeness (QED) is 0.483. The van der Waals surface area contributed by atoms with Gasteiger partial charge in [-0.2, -0.15) is 0 Å². The van der Waals surface area contributed by atoms with Crippen LogP contribution in [0.2, 0.25) is 0 Å². The molecule has 1 unspecified atom stereocenters. The van der Waals surface area contributed by atoms with Crippen LogP contribution < -0.4 is 5.32 Å². The fourth-order valence-electron chi connectivity index (χ4n) is 3.55. The number of pyridine rings is 1. The van der Waals surface area contributed by atoms with Crippen LogP contribution in [0.4, 0.5) is 0 Å². The lowest BCUT2D eigenvalue weighted by Gasteiger charge is -2.27. The predicted molar refractivity (Wildman–Crippen MR) is 121 cm³/mol. The van der Waals surface area contributed by atoms with Gasteiger partial charge in [-0.15, -0.1) is 0 Å². The molecule has 1 aliphatic rings. The summed E-state index contributed by atoms with van der Waals surface area (Å²) < 4.78 is 28.2. The van der Waals surface area contributed by atoms with Crippen LogP contribution in [-0.4, -0.2) is 37.3 Å². The van der Waals surface area contributed by atoms with Gasteiger partial charge in [0, 0.05) is 37.9 Å². The number of nitrogens with zero attached hydrogens (tertiary/aromatic N) is 2. The van der Waals surface area contributed by atoms with E-state index in [1.54, 1.807) is 22.6 Å². The van der Waals surface area contributed by atoms with Crippen molar-refractivity contribution in [1.82, 2.24) is 14.6 Å². The second-order valence-electron chi connectivity index (χ2n) is 7.49. The van der Waals surface area contributed by atoms with Gasteiger partial charge in [-0.3, -0.25) is 4.98 Å². The normalized spacial score (nSPS) is 15.5. The summed E-state index contributed by atoms with van der Waals surface area (Å²) in [5.74, 6) is 0.316. The van der Waals surface area contributed by atoms with E-state index in [1.807, 2.05) is 25.1 Å². The summed E-state index contributed by atoms with van der Waals surface area (Å²) in [6.07, 6.45) is 16.8. The zero-order valence-corrected chi connectivity index (χ0v) is 18.6. The second kappa shape index (κ2) is 12.6. The third kappa shape index (κ3) is 8.54. The Bertz CT molecular complexity index is 786. The Morgan fingerprint density at radius 2 is 2.17 bits per heavy atom. The molecule has 1 aliphatic heterocycles. The third-order valence-corrected chi connectivity index (χ3v) is 6.88. The number of rotatable bonds is 13. The van der Waals surface area contributed by atoms with E-state index in [1.165, 1.54) is 0 Å². The van der Waals surface area contributed by atoms with Crippen LogP contribution in [0.5, 0.6) is 0 Å². The molecule has 1 aromatic rings. The topological polar surface area (TPSA) is 62.3 Å². The first-order chi connectivity index (χ1) is 14.0. The standard InChI is InChI=1S/C23H35N3O2S/c1-3-5-6-12-21(11-4-2)19-26(18-15-22-13-7-9-16-24-22)29(27,28)20-23-14-8-10-17-25-23/h3,5,7-10,13-14,17,21,24H,4,6,11-12,15-16,18-20H2,1-2H3/b5-3+. The first-order valence-corrected chi connectivity index (χ1v) is 12.2. The predicted octanol–water partition coefficient (Wildman–Crippen LogP) is 4.42. The molecular weight excluding hydrogens is 382 g/mol. The first kappa shape index (κ1) is 23.4. The molecule has 5 nitrogen and oxygen atoms in total. The summed E-state index contributed by atoms with van der Waals surface area (Å²) >= 11 is 0. The van der Waals surface area contributed by atoms with Crippen molar-refractivity contribution in [2.75, 3.05) is 19.6 Å². The molecule has 0 aromatic carbocycles. The van der Waals surface area contributed by atoms with Crippen molar-refractivity contribution in [2.45, 2.75) is 51.7 Å². The van der Waals surface area contributed by atoms with Crippen molar-refractivity contribution in [2.24, 2.45) is 5.92 Å². The Labute approximate surface area is 176 Å². The largest absolute Gasteiger partial charge is 0.385 e. The lowest BCUT2D eigenvalue weighted by Crippen LogP contribution is -2.38. The lowest BCUT2D eigenvalue weighted by molar-refractivity contribution is 0.315. The SMILES string of the molecule is C/C=C/CCC(CCC)CN(CCC1=CC=CCN1)S(=O)(=O)Cc1ccccn1. The van der Waals surface area contributed by atoms with Crippen LogP contribution in [0.15, 0.2) is 60.5 Å². The Morgan fingerprint density at radius 3 is 2.83 bits per heavy atom. The number of aromatic nitrogens is 1. The third-order valence-electron chi connectivity index (χ3n) is 5.10. The molecule has 0 bridgehead atoms. The van der Waals surface area contributed by atoms with Crippen LogP contribution in [0.1, 0.15) is 51.6 Å². The molecule has 1 aromatic heterocycles. The van der Waals surface area contributed by atoms with E-state index in [4.69, 9.17) is 0 Å². The molecule has 1 N–H and O–H groups in total. The van der Waals surface area contributed by atoms with Crippen molar-refractivity contribution in [3.8, 4) is 0 Å². The van der Waals surface area contributed by atoms with Crippen molar-refractivity contribution < 1.29 is 8.42 Å². The van der Waals surface area contributed by atoms with E-state index < -0.39 is 10.0 Å². The highest BCUT2D eigenvalue weighted by Gasteiger charge is 2.26. The van der Waals surface area contributed by atoms with Gasteiger partial charge >= 0.3 is 0 Å². The Kier molecular flexibility index (Phi) is 10.2. The van der Waals surface area contributed by atoms with Crippen LogP contribution in [0.3, 0.4) is 0 Å². The average Bonchev–Trinajstić information content (AvgIpc) is 2.72. The minimum absolute atomic E-state index is 0.0477. The monoisotopic (exact) mass is 417 g/mol. The molecule has 0 spiro atoms. The fraction of sp³-hybridized carbons (Fsp3) is 0.522. The molecule has 1 atom stereocenters. The van der Waals surface area contributed by atoms with Gasteiger partial charge in [0.1, 0.15) is 5.75 Å². The van der Waals surface area contributed by atoms with E-state index >= 15 is 0 Å². The molecule has 6 heteroatoms. The van der Waals surface area contributed by atoms with E-state index in [0.717, 1.165) is 37.9 Å². The molecular formula is C23H35N3O2S. The number of dihydropyridines is 1. The molecule has 2 rings (SSSR count). The van der Waals surface area contributed by atoms with Gasteiger partial charge < -0.3 is 5.32 Å². The maximum atomic E-state index is 13.3. The van der Waals surface area contributed by atoms with Crippen LogP contribution >= 0.6 is 0 Å². The molecule has 29 heavy (non-hydrogen) atoms. The fourth-order valence-corrected chi connectivity index (χ4v) is 5.08. The Morgan fingerprint density at radius 1 is 1.31 bits per heavy atom. The number of nitrogens with one attached hydrogen (secondary N) is 1. The van der Waals surface area contributed by atoms with Gasteiger partial charge in [0.15, 0.2) is 0 Å². The van der Waals surface area contributed by atoms with Gasteiger partial charge in [0.2, 0.25) is 10.0 Å². The highest BCUT2D eigenvalue weighted by Crippen LogP contribution is 2.20. The zero-order valence-electron chi connectivity index (χ0n) is 17.8. The molecule has 0 saturated carbocycles. The van der Waals surface area contributed by atoms with Crippen LogP contribution in [0, 0.1) is 5.92 Å².